The normalized spacial score (nSPS) is 14.1. The summed E-state index contributed by atoms with van der Waals surface area (Å²) in [6.45, 7) is 0. The molecule has 0 bridgehead atoms. The summed E-state index contributed by atoms with van der Waals surface area (Å²) < 4.78 is 29.6. The Balaban J connectivity index is 1.80. The first kappa shape index (κ1) is 19.7. The molecule has 1 aliphatic heterocycles. The number of non-ortho nitro benzene ring substituents is 1. The van der Waals surface area contributed by atoms with Gasteiger partial charge in [0.1, 0.15) is 16.2 Å². The van der Waals surface area contributed by atoms with Gasteiger partial charge in [0.05, 0.1) is 4.92 Å². The fraction of sp³-hybridized carbons (Fsp3) is 0. The number of nitrogens with one attached hydrogen (secondary N) is 2. The summed E-state index contributed by atoms with van der Waals surface area (Å²) in [5.41, 5.74) is -0.346. The first-order valence-electron chi connectivity index (χ1n) is 7.83. The van der Waals surface area contributed by atoms with Crippen LogP contribution >= 0.6 is 0 Å². The van der Waals surface area contributed by atoms with E-state index < -0.39 is 43.5 Å². The standard InChI is InChI=1S/C17H11N3O8S/c21-15-14(16(22)19-17(23)18-15)8-10-4-6-12(7-5-10)28-29(26,27)13-3-1-2-11(9-13)20(24)25/h1-9H,(H2,18,19,21,22,23). The van der Waals surface area contributed by atoms with Crippen molar-refractivity contribution >= 4 is 39.7 Å². The quantitative estimate of drug-likeness (QED) is 0.240. The van der Waals surface area contributed by atoms with E-state index in [0.717, 1.165) is 18.2 Å². The van der Waals surface area contributed by atoms with Crippen LogP contribution in [0, 0.1) is 10.1 Å². The highest BCUT2D eigenvalue weighted by molar-refractivity contribution is 7.87. The van der Waals surface area contributed by atoms with E-state index in [1.165, 1.54) is 36.4 Å². The molecule has 0 aromatic heterocycles. The van der Waals surface area contributed by atoms with Gasteiger partial charge in [0.15, 0.2) is 0 Å². The molecule has 1 aliphatic rings. The fourth-order valence-corrected chi connectivity index (χ4v) is 3.29. The molecule has 1 saturated heterocycles. The van der Waals surface area contributed by atoms with Gasteiger partial charge in [-0.25, -0.2) is 4.79 Å². The second-order valence-corrected chi connectivity index (χ2v) is 7.20. The van der Waals surface area contributed by atoms with Crippen LogP contribution in [0.1, 0.15) is 5.56 Å². The monoisotopic (exact) mass is 417 g/mol. The molecule has 0 aliphatic carbocycles. The zero-order valence-electron chi connectivity index (χ0n) is 14.3. The second kappa shape index (κ2) is 7.52. The number of barbiturate groups is 1. The predicted molar refractivity (Wildman–Crippen MR) is 97.0 cm³/mol. The molecule has 29 heavy (non-hydrogen) atoms. The lowest BCUT2D eigenvalue weighted by Gasteiger charge is -2.13. The van der Waals surface area contributed by atoms with Crippen molar-refractivity contribution in [3.63, 3.8) is 0 Å². The molecular formula is C17H11N3O8S. The molecule has 2 aromatic carbocycles. The number of amides is 4. The fourth-order valence-electron chi connectivity index (χ4n) is 2.32. The van der Waals surface area contributed by atoms with Gasteiger partial charge in [-0.15, -0.1) is 0 Å². The third-order valence-electron chi connectivity index (χ3n) is 3.66. The molecule has 148 valence electrons. The molecule has 3 rings (SSSR count). The Morgan fingerprint density at radius 1 is 0.966 bits per heavy atom. The number of rotatable bonds is 5. The highest BCUT2D eigenvalue weighted by Crippen LogP contribution is 2.23. The van der Waals surface area contributed by atoms with Crippen LogP contribution in [-0.4, -0.2) is 31.2 Å². The molecule has 0 radical (unpaired) electrons. The summed E-state index contributed by atoms with van der Waals surface area (Å²) in [6.07, 6.45) is 1.20. The van der Waals surface area contributed by atoms with E-state index in [1.54, 1.807) is 0 Å². The van der Waals surface area contributed by atoms with Crippen LogP contribution in [0.5, 0.6) is 5.75 Å². The van der Waals surface area contributed by atoms with Crippen LogP contribution in [0.4, 0.5) is 10.5 Å². The topological polar surface area (TPSA) is 162 Å². The van der Waals surface area contributed by atoms with Crippen LogP contribution in [0.25, 0.3) is 6.08 Å². The molecule has 1 fully saturated rings. The number of imide groups is 2. The van der Waals surface area contributed by atoms with Crippen LogP contribution in [0.15, 0.2) is 59.0 Å². The lowest BCUT2D eigenvalue weighted by atomic mass is 10.1. The lowest BCUT2D eigenvalue weighted by molar-refractivity contribution is -0.385. The third kappa shape index (κ3) is 4.44. The van der Waals surface area contributed by atoms with Crippen molar-refractivity contribution < 1.29 is 31.9 Å². The first-order chi connectivity index (χ1) is 13.7. The zero-order chi connectivity index (χ0) is 21.2. The SMILES string of the molecule is O=C1NC(=O)C(=Cc2ccc(OS(=O)(=O)c3cccc([N+](=O)[O-])c3)cc2)C(=O)N1. The second-order valence-electron chi connectivity index (χ2n) is 5.66. The van der Waals surface area contributed by atoms with E-state index in [1.807, 2.05) is 10.6 Å². The van der Waals surface area contributed by atoms with Crippen molar-refractivity contribution in [2.75, 3.05) is 0 Å². The molecule has 0 spiro atoms. The molecular weight excluding hydrogens is 406 g/mol. The minimum atomic E-state index is -4.32. The Kier molecular flexibility index (Phi) is 5.10. The van der Waals surface area contributed by atoms with Gasteiger partial charge in [-0.05, 0) is 29.8 Å². The van der Waals surface area contributed by atoms with E-state index in [4.69, 9.17) is 4.18 Å². The van der Waals surface area contributed by atoms with E-state index in [0.29, 0.717) is 5.56 Å². The van der Waals surface area contributed by atoms with Crippen molar-refractivity contribution in [1.82, 2.24) is 10.6 Å². The van der Waals surface area contributed by atoms with Gasteiger partial charge >= 0.3 is 16.1 Å². The summed E-state index contributed by atoms with van der Waals surface area (Å²) in [5, 5.41) is 14.6. The van der Waals surface area contributed by atoms with E-state index in [-0.39, 0.29) is 11.3 Å². The molecule has 4 amide bonds. The van der Waals surface area contributed by atoms with Crippen LogP contribution < -0.4 is 14.8 Å². The summed E-state index contributed by atoms with van der Waals surface area (Å²) in [6, 6.07) is 8.76. The van der Waals surface area contributed by atoms with Gasteiger partial charge in [-0.1, -0.05) is 18.2 Å². The number of nitro groups is 1. The Morgan fingerprint density at radius 2 is 1.59 bits per heavy atom. The largest absolute Gasteiger partial charge is 0.379 e. The first-order valence-corrected chi connectivity index (χ1v) is 9.24. The summed E-state index contributed by atoms with van der Waals surface area (Å²) in [7, 11) is -4.32. The molecule has 1 heterocycles. The molecule has 2 N–H and O–H groups in total. The Labute approximate surface area is 163 Å². The lowest BCUT2D eigenvalue weighted by Crippen LogP contribution is -2.51. The van der Waals surface area contributed by atoms with E-state index >= 15 is 0 Å². The smallest absolute Gasteiger partial charge is 0.339 e. The number of nitrogens with zero attached hydrogens (tertiary/aromatic N) is 1. The Bertz CT molecular complexity index is 1150. The Morgan fingerprint density at radius 3 is 2.17 bits per heavy atom. The predicted octanol–water partition coefficient (Wildman–Crippen LogP) is 1.11. The zero-order valence-corrected chi connectivity index (χ0v) is 15.1. The van der Waals surface area contributed by atoms with Crippen LogP contribution in [0.2, 0.25) is 0 Å². The number of benzene rings is 2. The number of nitro benzene ring substituents is 1. The average Bonchev–Trinajstić information content (AvgIpc) is 2.66. The van der Waals surface area contributed by atoms with Crippen molar-refractivity contribution in [1.29, 1.82) is 0 Å². The minimum absolute atomic E-state index is 0.0913. The van der Waals surface area contributed by atoms with E-state index in [2.05, 4.69) is 0 Å². The van der Waals surface area contributed by atoms with Crippen molar-refractivity contribution in [3.05, 3.63) is 69.8 Å². The molecule has 12 heteroatoms. The van der Waals surface area contributed by atoms with Gasteiger partial charge in [0, 0.05) is 12.1 Å². The van der Waals surface area contributed by atoms with Crippen molar-refractivity contribution in [2.24, 2.45) is 0 Å². The van der Waals surface area contributed by atoms with E-state index in [9.17, 15) is 32.9 Å². The maximum Gasteiger partial charge on any atom is 0.339 e. The van der Waals surface area contributed by atoms with Crippen LogP contribution in [0.3, 0.4) is 0 Å². The molecule has 0 atom stereocenters. The Hall–Kier alpha value is -4.06. The third-order valence-corrected chi connectivity index (χ3v) is 4.90. The average molecular weight is 417 g/mol. The summed E-state index contributed by atoms with van der Waals surface area (Å²) in [4.78, 5) is 44.1. The van der Waals surface area contributed by atoms with Gasteiger partial charge in [-0.2, -0.15) is 8.42 Å². The van der Waals surface area contributed by atoms with Gasteiger partial charge in [0.2, 0.25) is 0 Å². The summed E-state index contributed by atoms with van der Waals surface area (Å²) in [5.74, 6) is -1.83. The maximum absolute atomic E-state index is 12.3. The highest BCUT2D eigenvalue weighted by Gasteiger charge is 2.27. The number of hydrogen-bond donors (Lipinski definition) is 2. The van der Waals surface area contributed by atoms with Crippen LogP contribution in [-0.2, 0) is 19.7 Å². The van der Waals surface area contributed by atoms with Gasteiger partial charge in [-0.3, -0.25) is 30.3 Å². The van der Waals surface area contributed by atoms with Gasteiger partial charge in [0.25, 0.3) is 17.5 Å². The van der Waals surface area contributed by atoms with Crippen molar-refractivity contribution in [3.8, 4) is 5.75 Å². The minimum Gasteiger partial charge on any atom is -0.379 e. The highest BCUT2D eigenvalue weighted by atomic mass is 32.2. The number of urea groups is 1. The molecule has 11 nitrogen and oxygen atoms in total. The molecule has 0 unspecified atom stereocenters. The maximum atomic E-state index is 12.3. The number of carbonyl (C=O) groups is 3. The molecule has 0 saturated carbocycles. The van der Waals surface area contributed by atoms with Gasteiger partial charge < -0.3 is 4.18 Å². The number of carbonyl (C=O) groups excluding carboxylic acids is 3. The van der Waals surface area contributed by atoms with Crippen molar-refractivity contribution in [2.45, 2.75) is 4.90 Å². The molecule has 2 aromatic rings. The number of hydrogen-bond acceptors (Lipinski definition) is 8. The summed E-state index contributed by atoms with van der Waals surface area (Å²) >= 11 is 0.